The van der Waals surface area contributed by atoms with Crippen LogP contribution in [0.2, 0.25) is 0 Å². The van der Waals surface area contributed by atoms with Crippen molar-refractivity contribution in [3.63, 3.8) is 0 Å². The highest BCUT2D eigenvalue weighted by Crippen LogP contribution is 2.32. The molecule has 0 aliphatic carbocycles. The maximum absolute atomic E-state index is 12.4. The van der Waals surface area contributed by atoms with Crippen molar-refractivity contribution in [3.05, 3.63) is 78.4 Å². The fraction of sp³-hybridized carbons (Fsp3) is 0.167. The molecule has 1 unspecified atom stereocenters. The predicted octanol–water partition coefficient (Wildman–Crippen LogP) is 4.31. The Morgan fingerprint density at radius 1 is 0.867 bits per heavy atom. The van der Waals surface area contributed by atoms with Crippen LogP contribution in [-0.4, -0.2) is 31.2 Å². The molecule has 0 spiro atoms. The summed E-state index contributed by atoms with van der Waals surface area (Å²) in [6.45, 7) is 2.49. The van der Waals surface area contributed by atoms with E-state index in [9.17, 15) is 9.59 Å². The number of anilines is 1. The van der Waals surface area contributed by atoms with Crippen molar-refractivity contribution in [2.24, 2.45) is 0 Å². The molecule has 1 aliphatic rings. The van der Waals surface area contributed by atoms with Crippen LogP contribution in [0.15, 0.2) is 72.8 Å². The predicted molar refractivity (Wildman–Crippen MR) is 113 cm³/mol. The lowest BCUT2D eigenvalue weighted by atomic mass is 10.0. The van der Waals surface area contributed by atoms with E-state index >= 15 is 0 Å². The van der Waals surface area contributed by atoms with Gasteiger partial charge in [-0.1, -0.05) is 42.5 Å². The highest BCUT2D eigenvalue weighted by molar-refractivity contribution is 5.97. The molecule has 0 bridgehead atoms. The molecule has 6 nitrogen and oxygen atoms in total. The highest BCUT2D eigenvalue weighted by atomic mass is 16.6. The van der Waals surface area contributed by atoms with Gasteiger partial charge in [0.25, 0.3) is 5.91 Å². The van der Waals surface area contributed by atoms with E-state index in [4.69, 9.17) is 14.2 Å². The summed E-state index contributed by atoms with van der Waals surface area (Å²) in [5.41, 5.74) is 2.98. The van der Waals surface area contributed by atoms with Gasteiger partial charge in [0.05, 0.1) is 5.56 Å². The van der Waals surface area contributed by atoms with Gasteiger partial charge in [-0.15, -0.1) is 0 Å². The summed E-state index contributed by atoms with van der Waals surface area (Å²) in [5, 5.41) is 2.73. The lowest BCUT2D eigenvalue weighted by molar-refractivity contribution is -0.123. The number of amides is 1. The summed E-state index contributed by atoms with van der Waals surface area (Å²) in [4.78, 5) is 24.8. The van der Waals surface area contributed by atoms with Gasteiger partial charge in [0.15, 0.2) is 17.6 Å². The monoisotopic (exact) mass is 403 g/mol. The number of nitrogens with one attached hydrogen (secondary N) is 1. The van der Waals surface area contributed by atoms with Gasteiger partial charge in [0, 0.05) is 11.8 Å². The largest absolute Gasteiger partial charge is 0.486 e. The number of rotatable bonds is 5. The van der Waals surface area contributed by atoms with E-state index < -0.39 is 18.0 Å². The second-order valence-corrected chi connectivity index (χ2v) is 6.84. The number of hydrogen-bond donors (Lipinski definition) is 1. The van der Waals surface area contributed by atoms with E-state index in [-0.39, 0.29) is 0 Å². The van der Waals surface area contributed by atoms with E-state index in [1.54, 1.807) is 30.3 Å². The summed E-state index contributed by atoms with van der Waals surface area (Å²) in [6.07, 6.45) is -0.959. The Morgan fingerprint density at radius 2 is 1.53 bits per heavy atom. The molecule has 3 aromatic carbocycles. The van der Waals surface area contributed by atoms with Gasteiger partial charge >= 0.3 is 5.97 Å². The van der Waals surface area contributed by atoms with Crippen LogP contribution < -0.4 is 14.8 Å². The lowest BCUT2D eigenvalue weighted by Gasteiger charge is -2.19. The minimum atomic E-state index is -0.959. The second-order valence-electron chi connectivity index (χ2n) is 6.84. The van der Waals surface area contributed by atoms with Crippen molar-refractivity contribution in [2.75, 3.05) is 18.5 Å². The molecule has 0 fully saturated rings. The third-order valence-electron chi connectivity index (χ3n) is 4.69. The van der Waals surface area contributed by atoms with Crippen molar-refractivity contribution < 1.29 is 23.8 Å². The maximum atomic E-state index is 12.4. The van der Waals surface area contributed by atoms with Gasteiger partial charge in [-0.3, -0.25) is 4.79 Å². The first-order valence-electron chi connectivity index (χ1n) is 9.67. The van der Waals surface area contributed by atoms with Gasteiger partial charge in [0.1, 0.15) is 13.2 Å². The molecule has 6 heteroatoms. The van der Waals surface area contributed by atoms with Gasteiger partial charge in [-0.05, 0) is 42.3 Å². The summed E-state index contributed by atoms with van der Waals surface area (Å²) in [5.74, 6) is 0.222. The average molecular weight is 403 g/mol. The van der Waals surface area contributed by atoms with Crippen LogP contribution in [0.1, 0.15) is 17.3 Å². The lowest BCUT2D eigenvalue weighted by Crippen LogP contribution is -2.30. The van der Waals surface area contributed by atoms with Gasteiger partial charge in [-0.25, -0.2) is 4.79 Å². The van der Waals surface area contributed by atoms with Gasteiger partial charge < -0.3 is 19.5 Å². The Bertz CT molecular complexity index is 1050. The molecule has 1 amide bonds. The van der Waals surface area contributed by atoms with Crippen LogP contribution in [0.25, 0.3) is 11.1 Å². The SMILES string of the molecule is CC(OC(=O)c1ccc(-c2ccccc2)cc1)C(=O)Nc1ccc2c(c1)OCCO2. The smallest absolute Gasteiger partial charge is 0.338 e. The first-order chi connectivity index (χ1) is 14.6. The number of benzene rings is 3. The summed E-state index contributed by atoms with van der Waals surface area (Å²) >= 11 is 0. The Labute approximate surface area is 174 Å². The third-order valence-corrected chi connectivity index (χ3v) is 4.69. The van der Waals surface area contributed by atoms with Crippen LogP contribution in [0.5, 0.6) is 11.5 Å². The molecule has 1 N–H and O–H groups in total. The average Bonchev–Trinajstić information content (AvgIpc) is 2.79. The van der Waals surface area contributed by atoms with Gasteiger partial charge in [0.2, 0.25) is 0 Å². The zero-order chi connectivity index (χ0) is 20.9. The fourth-order valence-corrected chi connectivity index (χ4v) is 3.08. The Kier molecular flexibility index (Phi) is 5.66. The topological polar surface area (TPSA) is 73.9 Å². The number of esters is 1. The first kappa shape index (κ1) is 19.5. The Morgan fingerprint density at radius 3 is 2.27 bits per heavy atom. The molecule has 0 radical (unpaired) electrons. The number of ether oxygens (including phenoxy) is 3. The fourth-order valence-electron chi connectivity index (χ4n) is 3.08. The molecule has 1 atom stereocenters. The minimum Gasteiger partial charge on any atom is -0.486 e. The van der Waals surface area contributed by atoms with Crippen molar-refractivity contribution in [1.29, 1.82) is 0 Å². The van der Waals surface area contributed by atoms with E-state index in [0.29, 0.717) is 36.0 Å². The van der Waals surface area contributed by atoms with E-state index in [1.807, 2.05) is 42.5 Å². The molecular formula is C24H21NO5. The van der Waals surface area contributed by atoms with E-state index in [2.05, 4.69) is 5.32 Å². The Hall–Kier alpha value is -3.80. The third kappa shape index (κ3) is 4.43. The molecule has 30 heavy (non-hydrogen) atoms. The van der Waals surface area contributed by atoms with Crippen LogP contribution >= 0.6 is 0 Å². The first-order valence-corrected chi connectivity index (χ1v) is 9.67. The van der Waals surface area contributed by atoms with Gasteiger partial charge in [-0.2, -0.15) is 0 Å². The minimum absolute atomic E-state index is 0.383. The summed E-state index contributed by atoms with van der Waals surface area (Å²) in [7, 11) is 0. The zero-order valence-electron chi connectivity index (χ0n) is 16.5. The second kappa shape index (κ2) is 8.69. The molecule has 152 valence electrons. The molecular weight excluding hydrogens is 382 g/mol. The molecule has 0 saturated carbocycles. The molecule has 1 heterocycles. The maximum Gasteiger partial charge on any atom is 0.338 e. The normalized spacial score (nSPS) is 13.2. The van der Waals surface area contributed by atoms with Crippen LogP contribution in [-0.2, 0) is 9.53 Å². The Balaban J connectivity index is 1.36. The van der Waals surface area contributed by atoms with Crippen LogP contribution in [0.4, 0.5) is 5.69 Å². The number of hydrogen-bond acceptors (Lipinski definition) is 5. The summed E-state index contributed by atoms with van der Waals surface area (Å²) < 4.78 is 16.3. The quantitative estimate of drug-likeness (QED) is 0.643. The van der Waals surface area contributed by atoms with Crippen LogP contribution in [0, 0.1) is 0 Å². The van der Waals surface area contributed by atoms with Crippen molar-refractivity contribution in [3.8, 4) is 22.6 Å². The zero-order valence-corrected chi connectivity index (χ0v) is 16.5. The van der Waals surface area contributed by atoms with Crippen molar-refractivity contribution >= 4 is 17.6 Å². The molecule has 0 aromatic heterocycles. The standard InChI is InChI=1S/C24H21NO5/c1-16(23(26)25-20-11-12-21-22(15-20)29-14-13-28-21)30-24(27)19-9-7-18(8-10-19)17-5-3-2-4-6-17/h2-12,15-16H,13-14H2,1H3,(H,25,26). The molecule has 4 rings (SSSR count). The van der Waals surface area contributed by atoms with E-state index in [0.717, 1.165) is 11.1 Å². The van der Waals surface area contributed by atoms with Crippen LogP contribution in [0.3, 0.4) is 0 Å². The number of carbonyl (C=O) groups excluding carboxylic acids is 2. The highest BCUT2D eigenvalue weighted by Gasteiger charge is 2.20. The number of carbonyl (C=O) groups is 2. The van der Waals surface area contributed by atoms with E-state index in [1.165, 1.54) is 6.92 Å². The molecule has 0 saturated heterocycles. The molecule has 1 aliphatic heterocycles. The number of fused-ring (bicyclic) bond motifs is 1. The summed E-state index contributed by atoms with van der Waals surface area (Å²) in [6, 6.07) is 22.1. The van der Waals surface area contributed by atoms with Crippen molar-refractivity contribution in [2.45, 2.75) is 13.0 Å². The molecule has 3 aromatic rings. The van der Waals surface area contributed by atoms with Crippen molar-refractivity contribution in [1.82, 2.24) is 0 Å².